The third kappa shape index (κ3) is 3.34. The minimum absolute atomic E-state index is 0.190. The second-order valence-electron chi connectivity index (χ2n) is 2.56. The van der Waals surface area contributed by atoms with Gasteiger partial charge in [-0.2, -0.15) is 0 Å². The van der Waals surface area contributed by atoms with Crippen LogP contribution in [0.3, 0.4) is 0 Å². The van der Waals surface area contributed by atoms with Crippen LogP contribution in [-0.2, 0) is 11.3 Å². The summed E-state index contributed by atoms with van der Waals surface area (Å²) in [6, 6.07) is 5.56. The highest BCUT2D eigenvalue weighted by atomic mass is 127. The molecule has 0 aromatic heterocycles. The monoisotopic (exact) mass is 325 g/mol. The van der Waals surface area contributed by atoms with Crippen LogP contribution in [0.25, 0.3) is 0 Å². The molecule has 0 atom stereocenters. The first-order valence-electron chi connectivity index (χ1n) is 3.92. The quantitative estimate of drug-likeness (QED) is 0.849. The Bertz CT molecular complexity index is 344. The van der Waals surface area contributed by atoms with Gasteiger partial charge in [-0.3, -0.25) is 0 Å². The van der Waals surface area contributed by atoms with Gasteiger partial charge in [-0.25, -0.2) is 4.79 Å². The van der Waals surface area contributed by atoms with E-state index in [9.17, 15) is 4.79 Å². The number of nitrogens with one attached hydrogen (secondary N) is 1. The SMILES string of the molecule is CNC(=O)OCc1cc(I)ccc1Cl. The normalized spacial score (nSPS) is 9.64. The van der Waals surface area contributed by atoms with Gasteiger partial charge in [0, 0.05) is 21.2 Å². The number of hydrogen-bond acceptors (Lipinski definition) is 2. The molecule has 0 aliphatic carbocycles. The summed E-state index contributed by atoms with van der Waals surface area (Å²) >= 11 is 8.08. The van der Waals surface area contributed by atoms with Crippen molar-refractivity contribution in [2.75, 3.05) is 7.05 Å². The van der Waals surface area contributed by atoms with E-state index in [1.807, 2.05) is 12.1 Å². The smallest absolute Gasteiger partial charge is 0.407 e. The minimum Gasteiger partial charge on any atom is -0.445 e. The Morgan fingerprint density at radius 3 is 3.00 bits per heavy atom. The van der Waals surface area contributed by atoms with Crippen LogP contribution in [0.4, 0.5) is 4.79 Å². The number of benzene rings is 1. The zero-order valence-corrected chi connectivity index (χ0v) is 10.4. The van der Waals surface area contributed by atoms with Crippen LogP contribution in [0.1, 0.15) is 5.56 Å². The lowest BCUT2D eigenvalue weighted by Gasteiger charge is -2.06. The molecular weight excluding hydrogens is 316 g/mol. The lowest BCUT2D eigenvalue weighted by atomic mass is 10.2. The summed E-state index contributed by atoms with van der Waals surface area (Å²) in [6.07, 6.45) is -0.458. The van der Waals surface area contributed by atoms with Crippen molar-refractivity contribution >= 4 is 40.3 Å². The Morgan fingerprint density at radius 2 is 2.36 bits per heavy atom. The Morgan fingerprint density at radius 1 is 1.64 bits per heavy atom. The lowest BCUT2D eigenvalue weighted by molar-refractivity contribution is 0.142. The third-order valence-electron chi connectivity index (χ3n) is 1.57. The van der Waals surface area contributed by atoms with Gasteiger partial charge in [-0.1, -0.05) is 11.6 Å². The fraction of sp³-hybridized carbons (Fsp3) is 0.222. The highest BCUT2D eigenvalue weighted by Gasteiger charge is 2.04. The van der Waals surface area contributed by atoms with Gasteiger partial charge in [0.2, 0.25) is 0 Å². The molecule has 1 amide bonds. The van der Waals surface area contributed by atoms with Gasteiger partial charge in [-0.15, -0.1) is 0 Å². The molecule has 1 N–H and O–H groups in total. The third-order valence-corrected chi connectivity index (χ3v) is 2.61. The zero-order valence-electron chi connectivity index (χ0n) is 7.51. The maximum atomic E-state index is 10.8. The van der Waals surface area contributed by atoms with E-state index in [1.54, 1.807) is 6.07 Å². The van der Waals surface area contributed by atoms with Gasteiger partial charge in [-0.05, 0) is 40.8 Å². The summed E-state index contributed by atoms with van der Waals surface area (Å²) in [5.41, 5.74) is 0.808. The topological polar surface area (TPSA) is 38.3 Å². The highest BCUT2D eigenvalue weighted by Crippen LogP contribution is 2.19. The molecule has 1 aromatic carbocycles. The zero-order chi connectivity index (χ0) is 10.6. The van der Waals surface area contributed by atoms with E-state index in [-0.39, 0.29) is 6.61 Å². The fourth-order valence-corrected chi connectivity index (χ4v) is 1.60. The number of carbonyl (C=O) groups is 1. The molecular formula is C9H9ClINO2. The summed E-state index contributed by atoms with van der Waals surface area (Å²) in [4.78, 5) is 10.8. The molecule has 0 radical (unpaired) electrons. The number of alkyl carbamates (subject to hydrolysis) is 1. The molecule has 0 saturated carbocycles. The predicted molar refractivity (Wildman–Crippen MR) is 63.4 cm³/mol. The molecule has 1 rings (SSSR count). The number of ether oxygens (including phenoxy) is 1. The molecule has 0 aliphatic heterocycles. The molecule has 0 heterocycles. The van der Waals surface area contributed by atoms with Crippen LogP contribution in [0.15, 0.2) is 18.2 Å². The van der Waals surface area contributed by atoms with E-state index < -0.39 is 6.09 Å². The van der Waals surface area contributed by atoms with E-state index in [2.05, 4.69) is 27.9 Å². The van der Waals surface area contributed by atoms with Crippen LogP contribution in [-0.4, -0.2) is 13.1 Å². The molecule has 0 bridgehead atoms. The Balaban J connectivity index is 2.66. The molecule has 1 aromatic rings. The van der Waals surface area contributed by atoms with Gasteiger partial charge in [0.25, 0.3) is 0 Å². The van der Waals surface area contributed by atoms with E-state index in [0.29, 0.717) is 5.02 Å². The predicted octanol–water partition coefficient (Wildman–Crippen LogP) is 2.80. The van der Waals surface area contributed by atoms with Crippen molar-refractivity contribution in [3.63, 3.8) is 0 Å². The summed E-state index contributed by atoms with van der Waals surface area (Å²) in [7, 11) is 1.51. The lowest BCUT2D eigenvalue weighted by Crippen LogP contribution is -2.18. The average molecular weight is 326 g/mol. The second kappa shape index (κ2) is 5.41. The molecule has 0 spiro atoms. The number of hydrogen-bond donors (Lipinski definition) is 1. The van der Waals surface area contributed by atoms with Crippen LogP contribution in [0.5, 0.6) is 0 Å². The number of halogens is 2. The van der Waals surface area contributed by atoms with Crippen molar-refractivity contribution in [1.29, 1.82) is 0 Å². The van der Waals surface area contributed by atoms with Crippen LogP contribution < -0.4 is 5.32 Å². The van der Waals surface area contributed by atoms with Gasteiger partial charge in [0.1, 0.15) is 6.61 Å². The van der Waals surface area contributed by atoms with Crippen molar-refractivity contribution < 1.29 is 9.53 Å². The number of rotatable bonds is 2. The first kappa shape index (κ1) is 11.6. The van der Waals surface area contributed by atoms with Crippen LogP contribution in [0, 0.1) is 3.57 Å². The number of amides is 1. The first-order valence-corrected chi connectivity index (χ1v) is 5.37. The summed E-state index contributed by atoms with van der Waals surface area (Å²) in [5, 5.41) is 2.97. The standard InChI is InChI=1S/C9H9ClINO2/c1-12-9(13)14-5-6-4-7(11)2-3-8(6)10/h2-4H,5H2,1H3,(H,12,13). The maximum Gasteiger partial charge on any atom is 0.407 e. The fourth-order valence-electron chi connectivity index (χ4n) is 0.869. The molecule has 0 unspecified atom stereocenters. The summed E-state index contributed by atoms with van der Waals surface area (Å²) in [6.45, 7) is 0.190. The van der Waals surface area contributed by atoms with Crippen molar-refractivity contribution in [3.05, 3.63) is 32.4 Å². The van der Waals surface area contributed by atoms with Crippen LogP contribution in [0.2, 0.25) is 5.02 Å². The van der Waals surface area contributed by atoms with E-state index in [4.69, 9.17) is 16.3 Å². The molecule has 0 saturated heterocycles. The average Bonchev–Trinajstić information content (AvgIpc) is 2.19. The van der Waals surface area contributed by atoms with E-state index in [0.717, 1.165) is 9.13 Å². The Hall–Kier alpha value is -0.490. The molecule has 76 valence electrons. The summed E-state index contributed by atoms with van der Waals surface area (Å²) in [5.74, 6) is 0. The first-order chi connectivity index (χ1) is 6.63. The van der Waals surface area contributed by atoms with E-state index in [1.165, 1.54) is 7.05 Å². The number of carbonyl (C=O) groups excluding carboxylic acids is 1. The van der Waals surface area contributed by atoms with Crippen LogP contribution >= 0.6 is 34.2 Å². The molecule has 14 heavy (non-hydrogen) atoms. The van der Waals surface area contributed by atoms with Crippen molar-refractivity contribution in [2.24, 2.45) is 0 Å². The second-order valence-corrected chi connectivity index (χ2v) is 4.21. The molecule has 3 nitrogen and oxygen atoms in total. The van der Waals surface area contributed by atoms with Gasteiger partial charge < -0.3 is 10.1 Å². The van der Waals surface area contributed by atoms with Crippen molar-refractivity contribution in [3.8, 4) is 0 Å². The minimum atomic E-state index is -0.458. The maximum absolute atomic E-state index is 10.8. The van der Waals surface area contributed by atoms with E-state index >= 15 is 0 Å². The summed E-state index contributed by atoms with van der Waals surface area (Å²) < 4.78 is 5.93. The van der Waals surface area contributed by atoms with Gasteiger partial charge in [0.15, 0.2) is 0 Å². The van der Waals surface area contributed by atoms with Crippen molar-refractivity contribution in [1.82, 2.24) is 5.32 Å². The largest absolute Gasteiger partial charge is 0.445 e. The van der Waals surface area contributed by atoms with Gasteiger partial charge in [0.05, 0.1) is 0 Å². The molecule has 5 heteroatoms. The molecule has 0 aliphatic rings. The van der Waals surface area contributed by atoms with Crippen molar-refractivity contribution in [2.45, 2.75) is 6.61 Å². The Labute approximate surface area is 101 Å². The highest BCUT2D eigenvalue weighted by molar-refractivity contribution is 14.1. The Kier molecular flexibility index (Phi) is 4.47. The molecule has 0 fully saturated rings. The van der Waals surface area contributed by atoms with Gasteiger partial charge >= 0.3 is 6.09 Å².